The molecule has 0 spiro atoms. The van der Waals surface area contributed by atoms with Crippen molar-refractivity contribution < 1.29 is 14.3 Å². The summed E-state index contributed by atoms with van der Waals surface area (Å²) in [4.78, 5) is 15.4. The number of carbonyl (C=O) groups is 1. The van der Waals surface area contributed by atoms with Crippen LogP contribution in [0.2, 0.25) is 0 Å². The molecular weight excluding hydrogens is 218 g/mol. The topological polar surface area (TPSA) is 63.3 Å². The lowest BCUT2D eigenvalue weighted by atomic mass is 10.0. The fourth-order valence-electron chi connectivity index (χ4n) is 3.28. The third-order valence-corrected chi connectivity index (χ3v) is 4.18. The van der Waals surface area contributed by atoms with Crippen molar-refractivity contribution in [3.63, 3.8) is 0 Å². The van der Waals surface area contributed by atoms with Gasteiger partial charge < -0.3 is 9.52 Å². The molecule has 0 aromatic carbocycles. The molecule has 92 valence electrons. The van der Waals surface area contributed by atoms with Crippen molar-refractivity contribution in [1.29, 1.82) is 0 Å². The molecule has 0 aliphatic heterocycles. The smallest absolute Gasteiger partial charge is 0.373 e. The molecule has 2 unspecified atom stereocenters. The normalized spacial score (nSPS) is 31.0. The van der Waals surface area contributed by atoms with Crippen LogP contribution >= 0.6 is 0 Å². The number of hydrogen-bond donors (Lipinski definition) is 1. The fraction of sp³-hybridized carbons (Fsp3) is 0.692. The number of aromatic carboxylic acids is 1. The minimum Gasteiger partial charge on any atom is -0.475 e. The predicted octanol–water partition coefficient (Wildman–Crippen LogP) is 2.84. The minimum absolute atomic E-state index is 0.0474. The van der Waals surface area contributed by atoms with Gasteiger partial charge in [-0.2, -0.15) is 0 Å². The van der Waals surface area contributed by atoms with E-state index in [9.17, 15) is 4.79 Å². The molecule has 2 saturated carbocycles. The van der Waals surface area contributed by atoms with E-state index in [4.69, 9.17) is 9.52 Å². The molecule has 2 fully saturated rings. The summed E-state index contributed by atoms with van der Waals surface area (Å²) in [7, 11) is 0. The van der Waals surface area contributed by atoms with Crippen molar-refractivity contribution in [2.24, 2.45) is 11.8 Å². The summed E-state index contributed by atoms with van der Waals surface area (Å²) < 4.78 is 5.47. The zero-order valence-corrected chi connectivity index (χ0v) is 9.98. The molecule has 2 aliphatic rings. The summed E-state index contributed by atoms with van der Waals surface area (Å²) in [6, 6.07) is 0. The van der Waals surface area contributed by atoms with E-state index in [0.29, 0.717) is 35.8 Å². The molecule has 4 heteroatoms. The van der Waals surface area contributed by atoms with Crippen LogP contribution in [0, 0.1) is 11.8 Å². The number of carboxylic acid groups (broad SMARTS) is 1. The lowest BCUT2D eigenvalue weighted by molar-refractivity contribution is 0.0658. The molecule has 2 aliphatic carbocycles. The average molecular weight is 235 g/mol. The number of hydrogen-bond acceptors (Lipinski definition) is 3. The van der Waals surface area contributed by atoms with Gasteiger partial charge in [0.15, 0.2) is 5.89 Å². The molecule has 1 N–H and O–H groups in total. The van der Waals surface area contributed by atoms with Crippen LogP contribution < -0.4 is 0 Å². The Bertz CT molecular complexity index is 440. The summed E-state index contributed by atoms with van der Waals surface area (Å²) in [5.74, 6) is 1.53. The van der Waals surface area contributed by atoms with Crippen LogP contribution in [-0.4, -0.2) is 16.1 Å². The van der Waals surface area contributed by atoms with Crippen LogP contribution in [0.4, 0.5) is 0 Å². The third-order valence-electron chi connectivity index (χ3n) is 4.18. The fourth-order valence-corrected chi connectivity index (χ4v) is 3.28. The summed E-state index contributed by atoms with van der Waals surface area (Å²) >= 11 is 0. The van der Waals surface area contributed by atoms with Gasteiger partial charge >= 0.3 is 5.97 Å². The summed E-state index contributed by atoms with van der Waals surface area (Å²) in [5.41, 5.74) is 0.594. The van der Waals surface area contributed by atoms with E-state index in [1.165, 1.54) is 25.7 Å². The standard InChI is InChI=1S/C13H17NO3/c1-2-9-11(13(15)16)17-12(14-9)10-7-5-3-4-6-8(7)10/h7-8,10H,2-6H2,1H3,(H,15,16). The highest BCUT2D eigenvalue weighted by atomic mass is 16.4. The van der Waals surface area contributed by atoms with Crippen molar-refractivity contribution in [1.82, 2.24) is 4.98 Å². The van der Waals surface area contributed by atoms with Crippen molar-refractivity contribution in [3.8, 4) is 0 Å². The number of oxazole rings is 1. The van der Waals surface area contributed by atoms with E-state index in [1.807, 2.05) is 6.92 Å². The van der Waals surface area contributed by atoms with Crippen LogP contribution in [0.15, 0.2) is 4.42 Å². The van der Waals surface area contributed by atoms with Gasteiger partial charge in [0.25, 0.3) is 0 Å². The second-order valence-electron chi connectivity index (χ2n) is 5.12. The molecule has 1 aromatic rings. The number of aryl methyl sites for hydroxylation is 1. The van der Waals surface area contributed by atoms with Gasteiger partial charge in [0.05, 0.1) is 5.69 Å². The van der Waals surface area contributed by atoms with Gasteiger partial charge in [-0.3, -0.25) is 0 Å². The Hall–Kier alpha value is -1.32. The van der Waals surface area contributed by atoms with E-state index in [-0.39, 0.29) is 5.76 Å². The molecule has 1 heterocycles. The Morgan fingerprint density at radius 3 is 2.53 bits per heavy atom. The van der Waals surface area contributed by atoms with Gasteiger partial charge in [0.2, 0.25) is 5.76 Å². The summed E-state index contributed by atoms with van der Waals surface area (Å²) in [5, 5.41) is 9.04. The van der Waals surface area contributed by atoms with Crippen molar-refractivity contribution in [2.45, 2.75) is 44.9 Å². The maximum atomic E-state index is 11.0. The summed E-state index contributed by atoms with van der Waals surface area (Å²) in [6.45, 7) is 1.91. The average Bonchev–Trinajstić information content (AvgIpc) is 2.90. The molecule has 17 heavy (non-hydrogen) atoms. The van der Waals surface area contributed by atoms with Gasteiger partial charge in [-0.15, -0.1) is 0 Å². The lowest BCUT2D eigenvalue weighted by Crippen LogP contribution is -1.98. The molecule has 1 aromatic heterocycles. The number of aromatic nitrogens is 1. The maximum Gasteiger partial charge on any atom is 0.373 e. The van der Waals surface area contributed by atoms with Gasteiger partial charge in [-0.25, -0.2) is 9.78 Å². The minimum atomic E-state index is -0.996. The van der Waals surface area contributed by atoms with Crippen molar-refractivity contribution >= 4 is 5.97 Å². The zero-order chi connectivity index (χ0) is 12.0. The number of nitrogens with zero attached hydrogens (tertiary/aromatic N) is 1. The van der Waals surface area contributed by atoms with E-state index >= 15 is 0 Å². The number of fused-ring (bicyclic) bond motifs is 1. The van der Waals surface area contributed by atoms with Gasteiger partial charge in [-0.05, 0) is 31.1 Å². The molecule has 0 saturated heterocycles. The Morgan fingerprint density at radius 1 is 1.41 bits per heavy atom. The molecular formula is C13H17NO3. The van der Waals surface area contributed by atoms with E-state index in [2.05, 4.69) is 4.98 Å². The Kier molecular flexibility index (Phi) is 2.45. The number of carboxylic acids is 1. The first-order chi connectivity index (χ1) is 8.22. The molecule has 4 nitrogen and oxygen atoms in total. The van der Waals surface area contributed by atoms with Crippen molar-refractivity contribution in [2.75, 3.05) is 0 Å². The first kappa shape index (κ1) is 10.8. The predicted molar refractivity (Wildman–Crippen MR) is 61.0 cm³/mol. The molecule has 2 atom stereocenters. The Balaban J connectivity index is 1.87. The van der Waals surface area contributed by atoms with Gasteiger partial charge in [0.1, 0.15) is 0 Å². The molecule has 0 radical (unpaired) electrons. The van der Waals surface area contributed by atoms with Gasteiger partial charge in [0, 0.05) is 5.92 Å². The second kappa shape index (κ2) is 3.86. The first-order valence-electron chi connectivity index (χ1n) is 6.45. The van der Waals surface area contributed by atoms with Gasteiger partial charge in [-0.1, -0.05) is 19.8 Å². The highest BCUT2D eigenvalue weighted by Crippen LogP contribution is 2.61. The highest BCUT2D eigenvalue weighted by Gasteiger charge is 2.54. The first-order valence-corrected chi connectivity index (χ1v) is 6.45. The second-order valence-corrected chi connectivity index (χ2v) is 5.12. The third kappa shape index (κ3) is 1.66. The highest BCUT2D eigenvalue weighted by molar-refractivity contribution is 5.85. The van der Waals surface area contributed by atoms with Crippen LogP contribution in [0.1, 0.15) is 60.7 Å². The van der Waals surface area contributed by atoms with Crippen LogP contribution in [0.25, 0.3) is 0 Å². The number of rotatable bonds is 3. The monoisotopic (exact) mass is 235 g/mol. The maximum absolute atomic E-state index is 11.0. The SMILES string of the molecule is CCc1nc(C2C3CCCCC32)oc1C(=O)O. The largest absolute Gasteiger partial charge is 0.475 e. The Labute approximate surface area is 100 Å². The molecule has 3 rings (SSSR count). The van der Waals surface area contributed by atoms with Crippen LogP contribution in [0.5, 0.6) is 0 Å². The zero-order valence-electron chi connectivity index (χ0n) is 9.98. The molecule has 0 amide bonds. The van der Waals surface area contributed by atoms with E-state index in [0.717, 1.165) is 0 Å². The van der Waals surface area contributed by atoms with Crippen molar-refractivity contribution in [3.05, 3.63) is 17.3 Å². The van der Waals surface area contributed by atoms with Crippen LogP contribution in [-0.2, 0) is 6.42 Å². The Morgan fingerprint density at radius 2 is 2.06 bits per heavy atom. The quantitative estimate of drug-likeness (QED) is 0.875. The van der Waals surface area contributed by atoms with E-state index < -0.39 is 5.97 Å². The van der Waals surface area contributed by atoms with Crippen LogP contribution in [0.3, 0.4) is 0 Å². The van der Waals surface area contributed by atoms with E-state index in [1.54, 1.807) is 0 Å². The summed E-state index contributed by atoms with van der Waals surface area (Å²) in [6.07, 6.45) is 5.71. The lowest BCUT2D eigenvalue weighted by Gasteiger charge is -2.04. The molecule has 0 bridgehead atoms.